The van der Waals surface area contributed by atoms with Crippen LogP contribution in [0.15, 0.2) is 24.3 Å². The fourth-order valence-corrected chi connectivity index (χ4v) is 3.13. The van der Waals surface area contributed by atoms with E-state index in [1.807, 2.05) is 36.1 Å². The number of hydrogen-bond acceptors (Lipinski definition) is 4. The van der Waals surface area contributed by atoms with Crippen LogP contribution in [0.2, 0.25) is 0 Å². The molecule has 1 saturated heterocycles. The van der Waals surface area contributed by atoms with Gasteiger partial charge in [0, 0.05) is 37.7 Å². The zero-order chi connectivity index (χ0) is 18.8. The van der Waals surface area contributed by atoms with Gasteiger partial charge < -0.3 is 20.3 Å². The highest BCUT2D eigenvalue weighted by Crippen LogP contribution is 2.15. The van der Waals surface area contributed by atoms with E-state index >= 15 is 0 Å². The summed E-state index contributed by atoms with van der Waals surface area (Å²) in [6, 6.07) is 7.39. The summed E-state index contributed by atoms with van der Waals surface area (Å²) in [5.41, 5.74) is 0.766. The number of nitrogens with zero attached hydrogens (tertiary/aromatic N) is 1. The number of carbonyl (C=O) groups is 2. The van der Waals surface area contributed by atoms with E-state index in [1.54, 1.807) is 7.11 Å². The van der Waals surface area contributed by atoms with Gasteiger partial charge in [-0.15, -0.1) is 0 Å². The molecule has 2 amide bonds. The van der Waals surface area contributed by atoms with Crippen molar-refractivity contribution in [1.82, 2.24) is 10.2 Å². The van der Waals surface area contributed by atoms with E-state index in [4.69, 9.17) is 4.74 Å². The molecule has 6 nitrogen and oxygen atoms in total. The van der Waals surface area contributed by atoms with E-state index in [-0.39, 0.29) is 17.9 Å². The summed E-state index contributed by atoms with van der Waals surface area (Å²) in [6.07, 6.45) is 5.30. The van der Waals surface area contributed by atoms with Crippen molar-refractivity contribution in [1.29, 1.82) is 0 Å². The Morgan fingerprint density at radius 1 is 1.23 bits per heavy atom. The minimum atomic E-state index is -0.0159. The molecule has 0 aliphatic carbocycles. The number of rotatable bonds is 9. The van der Waals surface area contributed by atoms with E-state index < -0.39 is 0 Å². The van der Waals surface area contributed by atoms with Crippen molar-refractivity contribution in [3.63, 3.8) is 0 Å². The van der Waals surface area contributed by atoms with Gasteiger partial charge in [-0.25, -0.2) is 0 Å². The molecule has 2 N–H and O–H groups in total. The number of likely N-dealkylation sites (tertiary alicyclic amines) is 1. The number of methoxy groups -OCH3 is 1. The molecule has 0 saturated carbocycles. The lowest BCUT2D eigenvalue weighted by atomic mass is 10.2. The first-order valence-corrected chi connectivity index (χ1v) is 9.53. The van der Waals surface area contributed by atoms with Crippen LogP contribution in [0, 0.1) is 0 Å². The second kappa shape index (κ2) is 10.8. The third kappa shape index (κ3) is 7.04. The SMILES string of the molecule is COc1ccc(NC(=O)C[C@H](C)NCCCN2CCCCCC2=O)cc1. The van der Waals surface area contributed by atoms with Crippen molar-refractivity contribution in [3.05, 3.63) is 24.3 Å². The quantitative estimate of drug-likeness (QED) is 0.664. The van der Waals surface area contributed by atoms with Gasteiger partial charge >= 0.3 is 0 Å². The van der Waals surface area contributed by atoms with Gasteiger partial charge in [-0.2, -0.15) is 0 Å². The van der Waals surface area contributed by atoms with Crippen LogP contribution in [0.4, 0.5) is 5.69 Å². The third-order valence-electron chi connectivity index (χ3n) is 4.63. The van der Waals surface area contributed by atoms with Gasteiger partial charge in [0.05, 0.1) is 7.11 Å². The van der Waals surface area contributed by atoms with Crippen LogP contribution in [0.3, 0.4) is 0 Å². The Morgan fingerprint density at radius 3 is 2.73 bits per heavy atom. The summed E-state index contributed by atoms with van der Waals surface area (Å²) >= 11 is 0. The molecule has 26 heavy (non-hydrogen) atoms. The maximum atomic E-state index is 12.1. The Balaban J connectivity index is 1.62. The molecule has 0 unspecified atom stereocenters. The molecule has 0 spiro atoms. The molecule has 2 rings (SSSR count). The molecule has 0 aromatic heterocycles. The smallest absolute Gasteiger partial charge is 0.225 e. The summed E-state index contributed by atoms with van der Waals surface area (Å²) in [7, 11) is 1.61. The van der Waals surface area contributed by atoms with Gasteiger partial charge in [-0.05, 0) is 57.0 Å². The van der Waals surface area contributed by atoms with Crippen LogP contribution in [0.1, 0.15) is 45.4 Å². The largest absolute Gasteiger partial charge is 0.497 e. The maximum Gasteiger partial charge on any atom is 0.225 e. The van der Waals surface area contributed by atoms with Crippen LogP contribution in [-0.4, -0.2) is 49.5 Å². The zero-order valence-electron chi connectivity index (χ0n) is 15.9. The highest BCUT2D eigenvalue weighted by atomic mass is 16.5. The average molecular weight is 361 g/mol. The van der Waals surface area contributed by atoms with Crippen LogP contribution < -0.4 is 15.4 Å². The first-order chi connectivity index (χ1) is 12.6. The van der Waals surface area contributed by atoms with Crippen molar-refractivity contribution in [2.45, 2.75) is 51.5 Å². The number of carbonyl (C=O) groups excluding carboxylic acids is 2. The number of ether oxygens (including phenoxy) is 1. The Kier molecular flexibility index (Phi) is 8.41. The number of benzene rings is 1. The Hall–Kier alpha value is -2.08. The molecule has 144 valence electrons. The monoisotopic (exact) mass is 361 g/mol. The van der Waals surface area contributed by atoms with Crippen LogP contribution in [-0.2, 0) is 9.59 Å². The highest BCUT2D eigenvalue weighted by molar-refractivity contribution is 5.91. The molecule has 1 atom stereocenters. The second-order valence-corrected chi connectivity index (χ2v) is 6.88. The van der Waals surface area contributed by atoms with Gasteiger partial charge in [-0.3, -0.25) is 9.59 Å². The molecule has 1 fully saturated rings. The van der Waals surface area contributed by atoms with Gasteiger partial charge in [0.25, 0.3) is 0 Å². The molecule has 1 aromatic carbocycles. The van der Waals surface area contributed by atoms with Crippen molar-refractivity contribution in [3.8, 4) is 5.75 Å². The Bertz CT molecular complexity index is 574. The van der Waals surface area contributed by atoms with E-state index in [2.05, 4.69) is 10.6 Å². The Labute approximate surface area is 156 Å². The normalized spacial score (nSPS) is 16.1. The first-order valence-electron chi connectivity index (χ1n) is 9.53. The van der Waals surface area contributed by atoms with Gasteiger partial charge in [0.1, 0.15) is 5.75 Å². The Morgan fingerprint density at radius 2 is 2.00 bits per heavy atom. The van der Waals surface area contributed by atoms with Gasteiger partial charge in [-0.1, -0.05) is 6.42 Å². The van der Waals surface area contributed by atoms with Crippen LogP contribution in [0.5, 0.6) is 5.75 Å². The molecule has 6 heteroatoms. The molecular weight excluding hydrogens is 330 g/mol. The molecule has 0 radical (unpaired) electrons. The summed E-state index contributed by atoms with van der Waals surface area (Å²) in [5, 5.41) is 6.26. The minimum Gasteiger partial charge on any atom is -0.497 e. The van der Waals surface area contributed by atoms with Gasteiger partial charge in [0.2, 0.25) is 11.8 Å². The second-order valence-electron chi connectivity index (χ2n) is 6.88. The summed E-state index contributed by atoms with van der Waals surface area (Å²) in [4.78, 5) is 26.0. The number of anilines is 1. The zero-order valence-corrected chi connectivity index (χ0v) is 15.9. The average Bonchev–Trinajstić information content (AvgIpc) is 2.83. The van der Waals surface area contributed by atoms with Crippen molar-refractivity contribution < 1.29 is 14.3 Å². The topological polar surface area (TPSA) is 70.7 Å². The number of hydrogen-bond donors (Lipinski definition) is 2. The lowest BCUT2D eigenvalue weighted by Gasteiger charge is -2.21. The maximum absolute atomic E-state index is 12.1. The number of nitrogens with one attached hydrogen (secondary N) is 2. The highest BCUT2D eigenvalue weighted by Gasteiger charge is 2.16. The molecular formula is C20H31N3O3. The predicted molar refractivity (Wildman–Crippen MR) is 103 cm³/mol. The molecule has 1 heterocycles. The van der Waals surface area contributed by atoms with Crippen molar-refractivity contribution in [2.24, 2.45) is 0 Å². The van der Waals surface area contributed by atoms with E-state index in [9.17, 15) is 9.59 Å². The van der Waals surface area contributed by atoms with E-state index in [0.29, 0.717) is 12.8 Å². The summed E-state index contributed by atoms with van der Waals surface area (Å²) < 4.78 is 5.10. The molecule has 1 aromatic rings. The number of amides is 2. The van der Waals surface area contributed by atoms with Gasteiger partial charge in [0.15, 0.2) is 0 Å². The van der Waals surface area contributed by atoms with Crippen LogP contribution >= 0.6 is 0 Å². The standard InChI is InChI=1S/C20H31N3O3/c1-16(15-19(24)22-17-8-10-18(26-2)11-9-17)21-12-6-14-23-13-5-3-4-7-20(23)25/h8-11,16,21H,3-7,12-15H2,1-2H3,(H,22,24)/t16-/m0/s1. The molecule has 0 bridgehead atoms. The third-order valence-corrected chi connectivity index (χ3v) is 4.63. The van der Waals surface area contributed by atoms with Crippen LogP contribution in [0.25, 0.3) is 0 Å². The van der Waals surface area contributed by atoms with E-state index in [1.165, 1.54) is 0 Å². The fourth-order valence-electron chi connectivity index (χ4n) is 3.13. The fraction of sp³-hybridized carbons (Fsp3) is 0.600. The minimum absolute atomic E-state index is 0.0159. The van der Waals surface area contributed by atoms with Crippen molar-refractivity contribution in [2.75, 3.05) is 32.1 Å². The van der Waals surface area contributed by atoms with Crippen molar-refractivity contribution >= 4 is 17.5 Å². The first kappa shape index (κ1) is 20.2. The molecule has 1 aliphatic rings. The predicted octanol–water partition coefficient (Wildman–Crippen LogP) is 2.79. The summed E-state index contributed by atoms with van der Waals surface area (Å²) in [6.45, 7) is 4.50. The van der Waals surface area contributed by atoms with E-state index in [0.717, 1.165) is 56.8 Å². The lowest BCUT2D eigenvalue weighted by molar-refractivity contribution is -0.130. The molecule has 1 aliphatic heterocycles. The lowest BCUT2D eigenvalue weighted by Crippen LogP contribution is -2.35. The summed E-state index contributed by atoms with van der Waals surface area (Å²) in [5.74, 6) is 1.04.